The average Bonchev–Trinajstić information content (AvgIpc) is 2.92. The van der Waals surface area contributed by atoms with Crippen LogP contribution in [0.15, 0.2) is 12.3 Å². The Morgan fingerprint density at radius 1 is 1.50 bits per heavy atom. The van der Waals surface area contributed by atoms with Gasteiger partial charge in [0.2, 0.25) is 0 Å². The molecule has 4 heteroatoms. The zero-order chi connectivity index (χ0) is 10.1. The molecule has 3 nitrogen and oxygen atoms in total. The Morgan fingerprint density at radius 3 is 2.79 bits per heavy atom. The number of pyridine rings is 1. The van der Waals surface area contributed by atoms with Crippen LogP contribution < -0.4 is 9.64 Å². The third kappa shape index (κ3) is 2.29. The number of aromatic nitrogens is 1. The number of anilines is 1. The standard InChI is InChI=1S/C10H13IN2O/c1-13(2)9-5-8(6-12-10(9)11)14-7-3-4-7/h5-7H,3-4H2,1-2H3. The van der Waals surface area contributed by atoms with Gasteiger partial charge in [0.15, 0.2) is 0 Å². The maximum Gasteiger partial charge on any atom is 0.140 e. The van der Waals surface area contributed by atoms with Crippen LogP contribution in [0.1, 0.15) is 12.8 Å². The van der Waals surface area contributed by atoms with E-state index in [4.69, 9.17) is 4.74 Å². The van der Waals surface area contributed by atoms with Gasteiger partial charge in [-0.1, -0.05) is 0 Å². The molecular formula is C10H13IN2O. The summed E-state index contributed by atoms with van der Waals surface area (Å²) in [7, 11) is 4.03. The van der Waals surface area contributed by atoms with E-state index in [-0.39, 0.29) is 0 Å². The lowest BCUT2D eigenvalue weighted by atomic mass is 10.4. The Kier molecular flexibility index (Phi) is 2.80. The van der Waals surface area contributed by atoms with Crippen LogP contribution in [0.4, 0.5) is 5.69 Å². The van der Waals surface area contributed by atoms with Gasteiger partial charge in [-0.15, -0.1) is 0 Å². The number of hydrogen-bond acceptors (Lipinski definition) is 3. The average molecular weight is 304 g/mol. The Bertz CT molecular complexity index is 337. The van der Waals surface area contributed by atoms with E-state index < -0.39 is 0 Å². The van der Waals surface area contributed by atoms with Crippen LogP contribution in [0.25, 0.3) is 0 Å². The fraction of sp³-hybridized carbons (Fsp3) is 0.500. The summed E-state index contributed by atoms with van der Waals surface area (Å²) in [5.74, 6) is 0.886. The van der Waals surface area contributed by atoms with E-state index in [0.717, 1.165) is 15.1 Å². The Balaban J connectivity index is 2.20. The van der Waals surface area contributed by atoms with E-state index in [1.165, 1.54) is 12.8 Å². The van der Waals surface area contributed by atoms with Crippen molar-refractivity contribution in [2.45, 2.75) is 18.9 Å². The summed E-state index contributed by atoms with van der Waals surface area (Å²) in [5.41, 5.74) is 1.11. The summed E-state index contributed by atoms with van der Waals surface area (Å²) in [6.45, 7) is 0. The first-order chi connectivity index (χ1) is 6.66. The molecule has 1 aromatic rings. The van der Waals surface area contributed by atoms with Crippen molar-refractivity contribution in [2.24, 2.45) is 0 Å². The van der Waals surface area contributed by atoms with E-state index in [1.54, 1.807) is 6.20 Å². The van der Waals surface area contributed by atoms with Gasteiger partial charge in [0.05, 0.1) is 18.0 Å². The van der Waals surface area contributed by atoms with Gasteiger partial charge in [0, 0.05) is 20.2 Å². The number of ether oxygens (including phenoxy) is 1. The van der Waals surface area contributed by atoms with Gasteiger partial charge >= 0.3 is 0 Å². The highest BCUT2D eigenvalue weighted by molar-refractivity contribution is 14.1. The van der Waals surface area contributed by atoms with Crippen LogP contribution in [-0.4, -0.2) is 25.2 Å². The highest BCUT2D eigenvalue weighted by Gasteiger charge is 2.23. The van der Waals surface area contributed by atoms with Crippen molar-refractivity contribution in [1.82, 2.24) is 4.98 Å². The number of rotatable bonds is 3. The molecule has 0 aromatic carbocycles. The Labute approximate surface area is 97.6 Å². The largest absolute Gasteiger partial charge is 0.489 e. The van der Waals surface area contributed by atoms with Gasteiger partial charge < -0.3 is 9.64 Å². The lowest BCUT2D eigenvalue weighted by Crippen LogP contribution is -2.11. The normalized spacial score (nSPS) is 15.4. The lowest BCUT2D eigenvalue weighted by molar-refractivity contribution is 0.302. The molecule has 0 spiro atoms. The molecule has 0 atom stereocenters. The highest BCUT2D eigenvalue weighted by Crippen LogP contribution is 2.29. The van der Waals surface area contributed by atoms with Gasteiger partial charge in [-0.2, -0.15) is 0 Å². The smallest absolute Gasteiger partial charge is 0.140 e. The molecule has 1 aliphatic rings. The molecule has 0 N–H and O–H groups in total. The predicted octanol–water partition coefficient (Wildman–Crippen LogP) is 2.29. The zero-order valence-electron chi connectivity index (χ0n) is 8.33. The summed E-state index contributed by atoms with van der Waals surface area (Å²) in [5, 5.41) is 0. The lowest BCUT2D eigenvalue weighted by Gasteiger charge is -2.15. The minimum absolute atomic E-state index is 0.437. The van der Waals surface area contributed by atoms with Crippen molar-refractivity contribution in [2.75, 3.05) is 19.0 Å². The number of nitrogens with zero attached hydrogens (tertiary/aromatic N) is 2. The maximum absolute atomic E-state index is 5.68. The summed E-state index contributed by atoms with van der Waals surface area (Å²) < 4.78 is 6.69. The molecule has 0 saturated heterocycles. The van der Waals surface area contributed by atoms with Gasteiger partial charge in [0.1, 0.15) is 9.45 Å². The third-order valence-electron chi connectivity index (χ3n) is 2.10. The molecule has 0 bridgehead atoms. The summed E-state index contributed by atoms with van der Waals surface area (Å²) in [6.07, 6.45) is 4.60. The second kappa shape index (κ2) is 3.92. The topological polar surface area (TPSA) is 25.4 Å². The number of halogens is 1. The van der Waals surface area contributed by atoms with Crippen LogP contribution in [0.2, 0.25) is 0 Å². The predicted molar refractivity (Wildman–Crippen MR) is 64.9 cm³/mol. The summed E-state index contributed by atoms with van der Waals surface area (Å²) in [6, 6.07) is 2.05. The molecule has 76 valence electrons. The van der Waals surface area contributed by atoms with Crippen molar-refractivity contribution >= 4 is 28.3 Å². The second-order valence-electron chi connectivity index (χ2n) is 3.69. The van der Waals surface area contributed by atoms with Crippen LogP contribution in [-0.2, 0) is 0 Å². The first-order valence-electron chi connectivity index (χ1n) is 4.66. The SMILES string of the molecule is CN(C)c1cc(OC2CC2)cnc1I. The van der Waals surface area contributed by atoms with Crippen molar-refractivity contribution in [3.05, 3.63) is 16.0 Å². The van der Waals surface area contributed by atoms with Gasteiger partial charge in [-0.25, -0.2) is 4.98 Å². The maximum atomic E-state index is 5.68. The zero-order valence-corrected chi connectivity index (χ0v) is 10.5. The second-order valence-corrected chi connectivity index (χ2v) is 4.71. The van der Waals surface area contributed by atoms with E-state index in [9.17, 15) is 0 Å². The molecule has 2 rings (SSSR count). The molecule has 0 aliphatic heterocycles. The Hall–Kier alpha value is -0.520. The van der Waals surface area contributed by atoms with Gasteiger partial charge in [-0.3, -0.25) is 0 Å². The quantitative estimate of drug-likeness (QED) is 0.633. The Morgan fingerprint density at radius 2 is 2.21 bits per heavy atom. The van der Waals surface area contributed by atoms with E-state index >= 15 is 0 Å². The first-order valence-corrected chi connectivity index (χ1v) is 5.74. The fourth-order valence-corrected chi connectivity index (χ4v) is 1.95. The van der Waals surface area contributed by atoms with Crippen molar-refractivity contribution < 1.29 is 4.74 Å². The number of hydrogen-bond donors (Lipinski definition) is 0. The molecule has 14 heavy (non-hydrogen) atoms. The van der Waals surface area contributed by atoms with Gasteiger partial charge in [0.25, 0.3) is 0 Å². The molecule has 1 aromatic heterocycles. The molecule has 1 fully saturated rings. The van der Waals surface area contributed by atoms with Crippen LogP contribution in [0.3, 0.4) is 0 Å². The molecule has 0 amide bonds. The summed E-state index contributed by atoms with van der Waals surface area (Å²) >= 11 is 2.23. The van der Waals surface area contributed by atoms with Crippen LogP contribution >= 0.6 is 22.6 Å². The van der Waals surface area contributed by atoms with E-state index in [2.05, 4.69) is 32.5 Å². The fourth-order valence-electron chi connectivity index (χ4n) is 1.17. The molecule has 0 unspecified atom stereocenters. The highest BCUT2D eigenvalue weighted by atomic mass is 127. The van der Waals surface area contributed by atoms with Gasteiger partial charge in [-0.05, 0) is 35.4 Å². The first kappa shape index (κ1) is 10.0. The molecule has 1 saturated carbocycles. The summed E-state index contributed by atoms with van der Waals surface area (Å²) in [4.78, 5) is 6.35. The van der Waals surface area contributed by atoms with Crippen molar-refractivity contribution in [3.8, 4) is 5.75 Å². The van der Waals surface area contributed by atoms with Crippen LogP contribution in [0.5, 0.6) is 5.75 Å². The minimum atomic E-state index is 0.437. The molecule has 1 aliphatic carbocycles. The monoisotopic (exact) mass is 304 g/mol. The molecule has 1 heterocycles. The van der Waals surface area contributed by atoms with E-state index in [0.29, 0.717) is 6.10 Å². The third-order valence-corrected chi connectivity index (χ3v) is 2.94. The molecule has 0 radical (unpaired) electrons. The van der Waals surface area contributed by atoms with Crippen molar-refractivity contribution in [3.63, 3.8) is 0 Å². The molecular weight excluding hydrogens is 291 g/mol. The minimum Gasteiger partial charge on any atom is -0.489 e. The van der Waals surface area contributed by atoms with E-state index in [1.807, 2.05) is 20.2 Å². The van der Waals surface area contributed by atoms with Crippen molar-refractivity contribution in [1.29, 1.82) is 0 Å². The van der Waals surface area contributed by atoms with Crippen LogP contribution in [0, 0.1) is 3.70 Å².